The molecule has 5 heteroatoms. The molecule has 5 nitrogen and oxygen atoms in total. The van der Waals surface area contributed by atoms with E-state index in [1.54, 1.807) is 0 Å². The summed E-state index contributed by atoms with van der Waals surface area (Å²) in [5, 5.41) is 0. The second-order valence-corrected chi connectivity index (χ2v) is 4.86. The summed E-state index contributed by atoms with van der Waals surface area (Å²) in [6, 6.07) is -0.999. The highest BCUT2D eigenvalue weighted by atomic mass is 16.2. The molecule has 0 aromatic heterocycles. The summed E-state index contributed by atoms with van der Waals surface area (Å²) >= 11 is 0. The Labute approximate surface area is 113 Å². The maximum Gasteiger partial charge on any atom is 0.328 e. The molecule has 1 aliphatic heterocycles. The summed E-state index contributed by atoms with van der Waals surface area (Å²) in [7, 11) is 0. The molecule has 0 aliphatic carbocycles. The number of nitrogens with two attached hydrogens (primary N) is 1. The lowest BCUT2D eigenvalue weighted by molar-refractivity contribution is -0.133. The normalized spacial score (nSPS) is 15.0. The molecule has 0 unspecified atom stereocenters. The van der Waals surface area contributed by atoms with E-state index < -0.39 is 17.8 Å². The minimum atomic E-state index is -0.999. The van der Waals surface area contributed by atoms with E-state index >= 15 is 0 Å². The van der Waals surface area contributed by atoms with Crippen LogP contribution in [0.5, 0.6) is 0 Å². The number of amides is 4. The van der Waals surface area contributed by atoms with Crippen molar-refractivity contribution in [3.05, 3.63) is 11.6 Å². The standard InChI is InChI=1S/C14H22N2O3/c1-2-3-4-5-6-7-8-9-11-10-12(17)16(13(11)18)14(15)19/h10H,2-9H2,1H3,(H2,15,19). The molecule has 0 aromatic rings. The first-order valence-corrected chi connectivity index (χ1v) is 6.96. The summed E-state index contributed by atoms with van der Waals surface area (Å²) in [6.45, 7) is 2.18. The van der Waals surface area contributed by atoms with Gasteiger partial charge < -0.3 is 5.73 Å². The lowest BCUT2D eigenvalue weighted by Crippen LogP contribution is -2.40. The molecular formula is C14H22N2O3. The predicted molar refractivity (Wildman–Crippen MR) is 72.1 cm³/mol. The molecule has 0 aromatic carbocycles. The quantitative estimate of drug-likeness (QED) is 0.541. The zero-order valence-electron chi connectivity index (χ0n) is 11.5. The van der Waals surface area contributed by atoms with E-state index in [0.29, 0.717) is 16.9 Å². The fraction of sp³-hybridized carbons (Fsp3) is 0.643. The second kappa shape index (κ2) is 7.71. The van der Waals surface area contributed by atoms with E-state index in [4.69, 9.17) is 5.73 Å². The monoisotopic (exact) mass is 266 g/mol. The third-order valence-corrected chi connectivity index (χ3v) is 3.27. The zero-order valence-corrected chi connectivity index (χ0v) is 11.5. The van der Waals surface area contributed by atoms with Crippen molar-refractivity contribution in [3.8, 4) is 0 Å². The smallest absolute Gasteiger partial charge is 0.328 e. The molecule has 0 radical (unpaired) electrons. The van der Waals surface area contributed by atoms with Crippen LogP contribution in [0.2, 0.25) is 0 Å². The second-order valence-electron chi connectivity index (χ2n) is 4.86. The van der Waals surface area contributed by atoms with Gasteiger partial charge in [-0.1, -0.05) is 45.4 Å². The van der Waals surface area contributed by atoms with Crippen LogP contribution >= 0.6 is 0 Å². The van der Waals surface area contributed by atoms with E-state index in [0.717, 1.165) is 19.3 Å². The fourth-order valence-electron chi connectivity index (χ4n) is 2.18. The number of unbranched alkanes of at least 4 members (excludes halogenated alkanes) is 6. The van der Waals surface area contributed by atoms with E-state index in [2.05, 4.69) is 6.92 Å². The molecule has 106 valence electrons. The first-order valence-electron chi connectivity index (χ1n) is 6.96. The Morgan fingerprint density at radius 1 is 1.11 bits per heavy atom. The Hall–Kier alpha value is -1.65. The average molecular weight is 266 g/mol. The third-order valence-electron chi connectivity index (χ3n) is 3.27. The molecule has 2 N–H and O–H groups in total. The van der Waals surface area contributed by atoms with Crippen LogP contribution in [0.1, 0.15) is 58.3 Å². The van der Waals surface area contributed by atoms with Crippen LogP contribution in [0.4, 0.5) is 4.79 Å². The number of urea groups is 1. The largest absolute Gasteiger partial charge is 0.351 e. The van der Waals surface area contributed by atoms with Gasteiger partial charge in [-0.3, -0.25) is 9.59 Å². The number of hydrogen-bond acceptors (Lipinski definition) is 3. The average Bonchev–Trinajstić information content (AvgIpc) is 2.63. The summed E-state index contributed by atoms with van der Waals surface area (Å²) in [5.41, 5.74) is 5.38. The highest BCUT2D eigenvalue weighted by Gasteiger charge is 2.34. The van der Waals surface area contributed by atoms with Crippen LogP contribution < -0.4 is 5.73 Å². The van der Waals surface area contributed by atoms with Crippen molar-refractivity contribution in [2.75, 3.05) is 0 Å². The van der Waals surface area contributed by atoms with Crippen molar-refractivity contribution < 1.29 is 14.4 Å². The van der Waals surface area contributed by atoms with Crippen LogP contribution in [0.25, 0.3) is 0 Å². The maximum atomic E-state index is 11.7. The Kier molecular flexibility index (Phi) is 6.25. The molecule has 0 saturated carbocycles. The first-order chi connectivity index (χ1) is 9.07. The number of carbonyl (C=O) groups excluding carboxylic acids is 3. The van der Waals surface area contributed by atoms with E-state index in [1.165, 1.54) is 31.8 Å². The zero-order chi connectivity index (χ0) is 14.3. The minimum absolute atomic E-state index is 0.400. The van der Waals surface area contributed by atoms with Gasteiger partial charge in [-0.15, -0.1) is 0 Å². The van der Waals surface area contributed by atoms with Crippen molar-refractivity contribution in [1.29, 1.82) is 0 Å². The number of nitrogens with zero attached hydrogens (tertiary/aromatic N) is 1. The molecule has 0 saturated heterocycles. The van der Waals surface area contributed by atoms with Gasteiger partial charge in [0.1, 0.15) is 0 Å². The lowest BCUT2D eigenvalue weighted by Gasteiger charge is -2.08. The van der Waals surface area contributed by atoms with Gasteiger partial charge in [0.25, 0.3) is 11.8 Å². The number of hydrogen-bond donors (Lipinski definition) is 1. The Morgan fingerprint density at radius 3 is 2.21 bits per heavy atom. The van der Waals surface area contributed by atoms with Crippen molar-refractivity contribution in [2.24, 2.45) is 5.73 Å². The van der Waals surface area contributed by atoms with Crippen LogP contribution in [-0.2, 0) is 9.59 Å². The fourth-order valence-corrected chi connectivity index (χ4v) is 2.18. The van der Waals surface area contributed by atoms with Gasteiger partial charge in [-0.2, -0.15) is 4.90 Å². The Balaban J connectivity index is 2.24. The van der Waals surface area contributed by atoms with Crippen LogP contribution in [0.3, 0.4) is 0 Å². The molecule has 1 rings (SSSR count). The van der Waals surface area contributed by atoms with Crippen molar-refractivity contribution in [1.82, 2.24) is 4.90 Å². The Bertz CT molecular complexity index is 388. The van der Waals surface area contributed by atoms with Gasteiger partial charge in [0.05, 0.1) is 0 Å². The topological polar surface area (TPSA) is 80.5 Å². The van der Waals surface area contributed by atoms with Gasteiger partial charge >= 0.3 is 6.03 Å². The summed E-state index contributed by atoms with van der Waals surface area (Å²) in [6.07, 6.45) is 9.79. The number of carbonyl (C=O) groups is 3. The van der Waals surface area contributed by atoms with E-state index in [-0.39, 0.29) is 0 Å². The maximum absolute atomic E-state index is 11.7. The number of imide groups is 3. The highest BCUT2D eigenvalue weighted by molar-refractivity contribution is 6.24. The Morgan fingerprint density at radius 2 is 1.68 bits per heavy atom. The van der Waals surface area contributed by atoms with Gasteiger partial charge in [0.2, 0.25) is 0 Å². The molecular weight excluding hydrogens is 244 g/mol. The molecule has 1 heterocycles. The molecule has 0 atom stereocenters. The molecule has 0 bridgehead atoms. The van der Waals surface area contributed by atoms with E-state index in [1.807, 2.05) is 0 Å². The highest BCUT2D eigenvalue weighted by Crippen LogP contribution is 2.19. The lowest BCUT2D eigenvalue weighted by atomic mass is 10.0. The summed E-state index contributed by atoms with van der Waals surface area (Å²) in [4.78, 5) is 34.5. The summed E-state index contributed by atoms with van der Waals surface area (Å²) < 4.78 is 0. The van der Waals surface area contributed by atoms with Crippen LogP contribution in [-0.4, -0.2) is 22.7 Å². The number of primary amides is 1. The third kappa shape index (κ3) is 4.50. The molecule has 4 amide bonds. The van der Waals surface area contributed by atoms with Crippen molar-refractivity contribution in [3.63, 3.8) is 0 Å². The molecule has 0 spiro atoms. The van der Waals surface area contributed by atoms with Crippen molar-refractivity contribution in [2.45, 2.75) is 58.3 Å². The van der Waals surface area contributed by atoms with Crippen molar-refractivity contribution >= 4 is 17.8 Å². The minimum Gasteiger partial charge on any atom is -0.351 e. The van der Waals surface area contributed by atoms with Crippen LogP contribution in [0.15, 0.2) is 11.6 Å². The molecule has 1 aliphatic rings. The first kappa shape index (κ1) is 15.4. The SMILES string of the molecule is CCCCCCCCCC1=CC(=O)N(C(N)=O)C1=O. The van der Waals surface area contributed by atoms with Crippen LogP contribution in [0, 0.1) is 0 Å². The van der Waals surface area contributed by atoms with Gasteiger partial charge in [-0.25, -0.2) is 4.79 Å². The molecule has 19 heavy (non-hydrogen) atoms. The molecule has 0 fully saturated rings. The van der Waals surface area contributed by atoms with E-state index in [9.17, 15) is 14.4 Å². The van der Waals surface area contributed by atoms with Gasteiger partial charge in [-0.05, 0) is 12.8 Å². The predicted octanol–water partition coefficient (Wildman–Crippen LogP) is 2.50. The van der Waals surface area contributed by atoms with Gasteiger partial charge in [0.15, 0.2) is 0 Å². The number of rotatable bonds is 8. The summed E-state index contributed by atoms with van der Waals surface area (Å²) in [5.74, 6) is -1.17. The van der Waals surface area contributed by atoms with Gasteiger partial charge in [0, 0.05) is 11.6 Å².